The lowest BCUT2D eigenvalue weighted by atomic mass is 10.2. The number of carbonyl (C=O) groups excluding carboxylic acids is 2. The number of carbonyl (C=O) groups is 2. The Balaban J connectivity index is 2.53. The summed E-state index contributed by atoms with van der Waals surface area (Å²) in [6, 6.07) is -1.68. The average Bonchev–Trinajstić information content (AvgIpc) is 2.72. The van der Waals surface area contributed by atoms with Crippen LogP contribution >= 0.6 is 0 Å². The lowest BCUT2D eigenvalue weighted by Gasteiger charge is -2.23. The van der Waals surface area contributed by atoms with Gasteiger partial charge >= 0.3 is 18.2 Å². The van der Waals surface area contributed by atoms with Gasteiger partial charge in [0.1, 0.15) is 12.6 Å². The van der Waals surface area contributed by atoms with Gasteiger partial charge in [0, 0.05) is 6.54 Å². The van der Waals surface area contributed by atoms with Crippen molar-refractivity contribution in [2.75, 3.05) is 20.2 Å². The fraction of sp³-hybridized carbons (Fsp3) is 0.778. The summed E-state index contributed by atoms with van der Waals surface area (Å²) >= 11 is 0. The maximum atomic E-state index is 11.9. The Labute approximate surface area is 95.9 Å². The molecule has 1 fully saturated rings. The number of urea groups is 1. The maximum absolute atomic E-state index is 11.9. The molecule has 0 spiro atoms. The zero-order valence-corrected chi connectivity index (χ0v) is 9.21. The van der Waals surface area contributed by atoms with Gasteiger partial charge in [-0.1, -0.05) is 0 Å². The Morgan fingerprint density at radius 3 is 2.65 bits per heavy atom. The molecule has 1 heterocycles. The molecule has 0 aliphatic carbocycles. The normalized spacial score (nSPS) is 20.2. The first-order valence-corrected chi connectivity index (χ1v) is 5.04. The molecule has 5 nitrogen and oxygen atoms in total. The van der Waals surface area contributed by atoms with Crippen LogP contribution in [0.2, 0.25) is 0 Å². The molecule has 17 heavy (non-hydrogen) atoms. The molecular weight excluding hydrogens is 241 g/mol. The molecule has 0 aromatic rings. The van der Waals surface area contributed by atoms with Crippen molar-refractivity contribution in [2.45, 2.75) is 25.1 Å². The summed E-state index contributed by atoms with van der Waals surface area (Å²) in [7, 11) is 1.17. The third-order valence-corrected chi connectivity index (χ3v) is 2.43. The fourth-order valence-electron chi connectivity index (χ4n) is 1.67. The largest absolute Gasteiger partial charge is 0.467 e. The Hall–Kier alpha value is -1.47. The van der Waals surface area contributed by atoms with Gasteiger partial charge in [-0.25, -0.2) is 9.59 Å². The predicted octanol–water partition coefficient (Wildman–Crippen LogP) is 0.896. The van der Waals surface area contributed by atoms with Crippen molar-refractivity contribution in [1.82, 2.24) is 10.2 Å². The topological polar surface area (TPSA) is 58.6 Å². The fourth-order valence-corrected chi connectivity index (χ4v) is 1.67. The van der Waals surface area contributed by atoms with Gasteiger partial charge < -0.3 is 15.0 Å². The van der Waals surface area contributed by atoms with E-state index >= 15 is 0 Å². The molecule has 0 aromatic heterocycles. The average molecular weight is 254 g/mol. The first-order chi connectivity index (χ1) is 7.85. The van der Waals surface area contributed by atoms with Gasteiger partial charge in [0.25, 0.3) is 0 Å². The molecule has 8 heteroatoms. The van der Waals surface area contributed by atoms with E-state index in [0.717, 1.165) is 4.90 Å². The van der Waals surface area contributed by atoms with E-state index in [1.54, 1.807) is 5.32 Å². The van der Waals surface area contributed by atoms with Crippen molar-refractivity contribution in [2.24, 2.45) is 0 Å². The zero-order chi connectivity index (χ0) is 13.1. The number of hydrogen-bond donors (Lipinski definition) is 1. The number of nitrogens with zero attached hydrogens (tertiary/aromatic N) is 1. The Kier molecular flexibility index (Phi) is 4.19. The van der Waals surface area contributed by atoms with Crippen LogP contribution in [0.25, 0.3) is 0 Å². The summed E-state index contributed by atoms with van der Waals surface area (Å²) in [6.45, 7) is -1.15. The Morgan fingerprint density at radius 2 is 2.12 bits per heavy atom. The minimum atomic E-state index is -4.46. The number of ether oxygens (including phenoxy) is 1. The third kappa shape index (κ3) is 3.79. The van der Waals surface area contributed by atoms with E-state index in [2.05, 4.69) is 4.74 Å². The van der Waals surface area contributed by atoms with Crippen LogP contribution in [-0.4, -0.2) is 49.3 Å². The molecule has 1 aliphatic rings. The molecular formula is C9H13F3N2O3. The minimum Gasteiger partial charge on any atom is -0.467 e. The number of methoxy groups -OCH3 is 1. The molecule has 0 bridgehead atoms. The molecule has 0 radical (unpaired) electrons. The van der Waals surface area contributed by atoms with E-state index in [4.69, 9.17) is 0 Å². The van der Waals surface area contributed by atoms with Crippen LogP contribution in [-0.2, 0) is 9.53 Å². The summed E-state index contributed by atoms with van der Waals surface area (Å²) in [5.41, 5.74) is 0. The van der Waals surface area contributed by atoms with Crippen LogP contribution in [0.1, 0.15) is 12.8 Å². The number of likely N-dealkylation sites (tertiary alicyclic amines) is 1. The molecule has 1 saturated heterocycles. The zero-order valence-electron chi connectivity index (χ0n) is 9.21. The number of hydrogen-bond acceptors (Lipinski definition) is 3. The van der Waals surface area contributed by atoms with E-state index in [-0.39, 0.29) is 6.54 Å². The van der Waals surface area contributed by atoms with Gasteiger partial charge in [-0.05, 0) is 12.8 Å². The molecule has 1 aliphatic heterocycles. The van der Waals surface area contributed by atoms with E-state index < -0.39 is 30.8 Å². The van der Waals surface area contributed by atoms with Crippen molar-refractivity contribution in [3.05, 3.63) is 0 Å². The molecule has 1 atom stereocenters. The summed E-state index contributed by atoms with van der Waals surface area (Å²) in [5, 5.41) is 1.73. The second kappa shape index (κ2) is 5.24. The highest BCUT2D eigenvalue weighted by molar-refractivity contribution is 5.84. The van der Waals surface area contributed by atoms with Crippen LogP contribution in [0, 0.1) is 0 Å². The van der Waals surface area contributed by atoms with E-state index in [1.165, 1.54) is 7.11 Å². The number of amides is 2. The Bertz CT molecular complexity index is 306. The van der Waals surface area contributed by atoms with E-state index in [0.29, 0.717) is 12.8 Å². The van der Waals surface area contributed by atoms with Crippen molar-refractivity contribution in [3.8, 4) is 0 Å². The highest BCUT2D eigenvalue weighted by Gasteiger charge is 2.36. The van der Waals surface area contributed by atoms with Gasteiger partial charge in [-0.2, -0.15) is 13.2 Å². The van der Waals surface area contributed by atoms with Crippen LogP contribution in [0.15, 0.2) is 0 Å². The van der Waals surface area contributed by atoms with Crippen molar-refractivity contribution in [3.63, 3.8) is 0 Å². The van der Waals surface area contributed by atoms with Gasteiger partial charge in [0.2, 0.25) is 0 Å². The predicted molar refractivity (Wildman–Crippen MR) is 51.2 cm³/mol. The monoisotopic (exact) mass is 254 g/mol. The second-order valence-corrected chi connectivity index (χ2v) is 3.65. The summed E-state index contributed by atoms with van der Waals surface area (Å²) in [6.07, 6.45) is -3.48. The highest BCUT2D eigenvalue weighted by Crippen LogP contribution is 2.19. The van der Waals surface area contributed by atoms with E-state index in [1.807, 2.05) is 0 Å². The molecule has 1 unspecified atom stereocenters. The van der Waals surface area contributed by atoms with Crippen LogP contribution in [0.3, 0.4) is 0 Å². The lowest BCUT2D eigenvalue weighted by molar-refractivity contribution is -0.145. The molecule has 1 rings (SSSR count). The smallest absolute Gasteiger partial charge is 0.405 e. The van der Waals surface area contributed by atoms with Crippen LogP contribution in [0.5, 0.6) is 0 Å². The summed E-state index contributed by atoms with van der Waals surface area (Å²) in [4.78, 5) is 23.8. The minimum absolute atomic E-state index is 0.253. The van der Waals surface area contributed by atoms with Gasteiger partial charge in [-0.15, -0.1) is 0 Å². The molecule has 98 valence electrons. The van der Waals surface area contributed by atoms with Gasteiger partial charge in [-0.3, -0.25) is 0 Å². The van der Waals surface area contributed by atoms with Crippen molar-refractivity contribution in [1.29, 1.82) is 0 Å². The number of alkyl halides is 3. The molecule has 0 aromatic carbocycles. The van der Waals surface area contributed by atoms with Gasteiger partial charge in [0.05, 0.1) is 7.11 Å². The Morgan fingerprint density at radius 1 is 1.47 bits per heavy atom. The number of esters is 1. The molecule has 0 saturated carbocycles. The SMILES string of the molecule is COC(=O)C1CCCN1C(=O)NCC(F)(F)F. The second-order valence-electron chi connectivity index (χ2n) is 3.65. The maximum Gasteiger partial charge on any atom is 0.405 e. The van der Waals surface area contributed by atoms with E-state index in [9.17, 15) is 22.8 Å². The molecule has 2 amide bonds. The van der Waals surface area contributed by atoms with Gasteiger partial charge in [0.15, 0.2) is 0 Å². The lowest BCUT2D eigenvalue weighted by Crippen LogP contribution is -2.48. The van der Waals surface area contributed by atoms with Crippen molar-refractivity contribution >= 4 is 12.0 Å². The quantitative estimate of drug-likeness (QED) is 0.745. The summed E-state index contributed by atoms with van der Waals surface area (Å²) in [5.74, 6) is -0.607. The first kappa shape index (κ1) is 13.6. The third-order valence-electron chi connectivity index (χ3n) is 2.43. The van der Waals surface area contributed by atoms with Crippen molar-refractivity contribution < 1.29 is 27.5 Å². The summed E-state index contributed by atoms with van der Waals surface area (Å²) < 4.78 is 40.2. The van der Waals surface area contributed by atoms with Crippen LogP contribution in [0.4, 0.5) is 18.0 Å². The first-order valence-electron chi connectivity index (χ1n) is 5.04. The number of nitrogens with one attached hydrogen (secondary N) is 1. The number of halogens is 3. The standard InChI is InChI=1S/C9H13F3N2O3/c1-17-7(15)6-3-2-4-14(6)8(16)13-5-9(10,11)12/h6H,2-5H2,1H3,(H,13,16). The van der Waals surface area contributed by atoms with Crippen LogP contribution < -0.4 is 5.32 Å². The highest BCUT2D eigenvalue weighted by atomic mass is 19.4. The molecule has 1 N–H and O–H groups in total. The number of rotatable bonds is 2.